The molecule has 2 aliphatic rings. The minimum Gasteiger partial charge on any atom is -0.497 e. The van der Waals surface area contributed by atoms with E-state index in [1.807, 2.05) is 68.5 Å². The SMILES string of the molecule is COc1ccc(CN2CC(C)(C)C(=O)C(=Cc3cccc(N4CCOCC4)n3)C2c2ccccc2F)cc1. The molecule has 0 radical (unpaired) electrons. The number of anilines is 1. The highest BCUT2D eigenvalue weighted by atomic mass is 19.1. The number of likely N-dealkylation sites (tertiary alicyclic amines) is 1. The van der Waals surface area contributed by atoms with Gasteiger partial charge in [-0.25, -0.2) is 9.37 Å². The Hall–Kier alpha value is -3.55. The number of hydrogen-bond donors (Lipinski definition) is 0. The topological polar surface area (TPSA) is 54.9 Å². The van der Waals surface area contributed by atoms with Crippen LogP contribution in [-0.2, 0) is 16.1 Å². The monoisotopic (exact) mass is 515 g/mol. The maximum Gasteiger partial charge on any atom is 0.167 e. The van der Waals surface area contributed by atoms with Gasteiger partial charge < -0.3 is 14.4 Å². The third-order valence-electron chi connectivity index (χ3n) is 7.27. The Balaban J connectivity index is 1.58. The maximum atomic E-state index is 15.3. The summed E-state index contributed by atoms with van der Waals surface area (Å²) in [5, 5.41) is 0. The Morgan fingerprint density at radius 2 is 1.79 bits per heavy atom. The van der Waals surface area contributed by atoms with Crippen molar-refractivity contribution in [2.45, 2.75) is 26.4 Å². The molecule has 3 aromatic rings. The van der Waals surface area contributed by atoms with Gasteiger partial charge in [0.05, 0.1) is 32.1 Å². The Bertz CT molecular complexity index is 1320. The predicted molar refractivity (Wildman–Crippen MR) is 147 cm³/mol. The summed E-state index contributed by atoms with van der Waals surface area (Å²) in [6.45, 7) is 7.83. The molecular weight excluding hydrogens is 481 g/mol. The van der Waals surface area contributed by atoms with E-state index in [0.717, 1.165) is 30.2 Å². The molecule has 7 heteroatoms. The second-order valence-corrected chi connectivity index (χ2v) is 10.5. The number of carbonyl (C=O) groups excluding carboxylic acids is 1. The van der Waals surface area contributed by atoms with E-state index in [-0.39, 0.29) is 11.6 Å². The molecule has 2 aromatic carbocycles. The summed E-state index contributed by atoms with van der Waals surface area (Å²) < 4.78 is 26.1. The average molecular weight is 516 g/mol. The van der Waals surface area contributed by atoms with Crippen molar-refractivity contribution in [3.63, 3.8) is 0 Å². The van der Waals surface area contributed by atoms with Gasteiger partial charge in [0, 0.05) is 42.7 Å². The van der Waals surface area contributed by atoms with Crippen molar-refractivity contribution in [3.05, 3.63) is 94.9 Å². The molecule has 1 aromatic heterocycles. The van der Waals surface area contributed by atoms with Gasteiger partial charge in [-0.05, 0) is 42.0 Å². The van der Waals surface area contributed by atoms with Crippen molar-refractivity contribution in [1.29, 1.82) is 0 Å². The summed E-state index contributed by atoms with van der Waals surface area (Å²) in [6, 6.07) is 19.9. The lowest BCUT2D eigenvalue weighted by molar-refractivity contribution is -0.128. The first-order valence-corrected chi connectivity index (χ1v) is 13.0. The van der Waals surface area contributed by atoms with Crippen LogP contribution in [0.3, 0.4) is 0 Å². The minimum absolute atomic E-state index is 0.00955. The first-order valence-electron chi connectivity index (χ1n) is 13.0. The van der Waals surface area contributed by atoms with Crippen LogP contribution >= 0.6 is 0 Å². The molecule has 38 heavy (non-hydrogen) atoms. The number of piperidine rings is 1. The van der Waals surface area contributed by atoms with Crippen molar-refractivity contribution in [1.82, 2.24) is 9.88 Å². The van der Waals surface area contributed by atoms with E-state index in [1.165, 1.54) is 6.07 Å². The van der Waals surface area contributed by atoms with Gasteiger partial charge in [-0.1, -0.05) is 50.2 Å². The summed E-state index contributed by atoms with van der Waals surface area (Å²) in [5.74, 6) is 1.31. The van der Waals surface area contributed by atoms with Gasteiger partial charge in [0.1, 0.15) is 17.4 Å². The summed E-state index contributed by atoms with van der Waals surface area (Å²) in [5.41, 5.74) is 2.12. The summed E-state index contributed by atoms with van der Waals surface area (Å²) in [6.07, 6.45) is 1.85. The number of Topliss-reactive ketones (excluding diaryl/α,β-unsaturated/α-hetero) is 1. The fourth-order valence-corrected chi connectivity index (χ4v) is 5.35. The van der Waals surface area contributed by atoms with Crippen LogP contribution < -0.4 is 9.64 Å². The molecule has 0 aliphatic carbocycles. The van der Waals surface area contributed by atoms with E-state index < -0.39 is 11.5 Å². The van der Waals surface area contributed by atoms with Crippen molar-refractivity contribution in [2.24, 2.45) is 5.41 Å². The van der Waals surface area contributed by atoms with Crippen LogP contribution in [0.15, 0.2) is 72.3 Å². The van der Waals surface area contributed by atoms with E-state index in [1.54, 1.807) is 19.2 Å². The molecular formula is C31H34FN3O3. The molecule has 0 N–H and O–H groups in total. The quantitative estimate of drug-likeness (QED) is 0.415. The molecule has 0 bridgehead atoms. The molecule has 0 amide bonds. The van der Waals surface area contributed by atoms with Crippen LogP contribution in [0.2, 0.25) is 0 Å². The Kier molecular flexibility index (Phi) is 7.58. The highest BCUT2D eigenvalue weighted by Gasteiger charge is 2.44. The Morgan fingerprint density at radius 3 is 2.50 bits per heavy atom. The number of aromatic nitrogens is 1. The number of hydrogen-bond acceptors (Lipinski definition) is 6. The second kappa shape index (κ2) is 11.1. The van der Waals surface area contributed by atoms with Gasteiger partial charge in [-0.3, -0.25) is 9.69 Å². The van der Waals surface area contributed by atoms with Crippen LogP contribution in [-0.4, -0.2) is 55.6 Å². The van der Waals surface area contributed by atoms with Gasteiger partial charge >= 0.3 is 0 Å². The minimum atomic E-state index is -0.651. The summed E-state index contributed by atoms with van der Waals surface area (Å²) in [7, 11) is 1.64. The maximum absolute atomic E-state index is 15.3. The fraction of sp³-hybridized carbons (Fsp3) is 0.355. The molecule has 198 valence electrons. The molecule has 1 unspecified atom stereocenters. The van der Waals surface area contributed by atoms with Crippen molar-refractivity contribution >= 4 is 17.7 Å². The lowest BCUT2D eigenvalue weighted by Crippen LogP contribution is -2.49. The van der Waals surface area contributed by atoms with E-state index in [4.69, 9.17) is 14.5 Å². The van der Waals surface area contributed by atoms with Crippen LogP contribution in [0.1, 0.15) is 36.7 Å². The van der Waals surface area contributed by atoms with Crippen LogP contribution in [0, 0.1) is 11.2 Å². The molecule has 2 fully saturated rings. The van der Waals surface area contributed by atoms with Crippen LogP contribution in [0.25, 0.3) is 6.08 Å². The number of benzene rings is 2. The number of carbonyl (C=O) groups is 1. The number of halogens is 1. The second-order valence-electron chi connectivity index (χ2n) is 10.5. The first-order chi connectivity index (χ1) is 18.4. The summed E-state index contributed by atoms with van der Waals surface area (Å²) >= 11 is 0. The molecule has 2 aliphatic heterocycles. The average Bonchev–Trinajstić information content (AvgIpc) is 2.93. The fourth-order valence-electron chi connectivity index (χ4n) is 5.35. The molecule has 2 saturated heterocycles. The molecule has 0 spiro atoms. The van der Waals surface area contributed by atoms with Crippen molar-refractivity contribution < 1.29 is 18.7 Å². The Morgan fingerprint density at radius 1 is 1.05 bits per heavy atom. The number of ether oxygens (including phenoxy) is 2. The normalized spacial score (nSPS) is 21.1. The predicted octanol–water partition coefficient (Wildman–Crippen LogP) is 5.30. The lowest BCUT2D eigenvalue weighted by Gasteiger charge is -2.44. The molecule has 6 nitrogen and oxygen atoms in total. The van der Waals surface area contributed by atoms with Gasteiger partial charge in [-0.15, -0.1) is 0 Å². The van der Waals surface area contributed by atoms with Gasteiger partial charge in [0.25, 0.3) is 0 Å². The third-order valence-corrected chi connectivity index (χ3v) is 7.27. The van der Waals surface area contributed by atoms with Crippen LogP contribution in [0.4, 0.5) is 10.2 Å². The van der Waals surface area contributed by atoms with E-state index in [9.17, 15) is 4.79 Å². The third kappa shape index (κ3) is 5.49. The molecule has 5 rings (SSSR count). The zero-order valence-corrected chi connectivity index (χ0v) is 22.2. The largest absolute Gasteiger partial charge is 0.497 e. The van der Waals surface area contributed by atoms with Gasteiger partial charge in [0.15, 0.2) is 5.78 Å². The summed E-state index contributed by atoms with van der Waals surface area (Å²) in [4.78, 5) is 23.2. The first kappa shape index (κ1) is 26.1. The van der Waals surface area contributed by atoms with Crippen LogP contribution in [0.5, 0.6) is 5.75 Å². The lowest BCUT2D eigenvalue weighted by atomic mass is 9.74. The standard InChI is InChI=1S/C31H34FN3O3/c1-31(2)21-35(20-22-11-13-24(37-3)14-12-22)29(25-8-4-5-9-27(25)32)26(30(31)36)19-23-7-6-10-28(33-23)34-15-17-38-18-16-34/h4-14,19,29H,15-18,20-21H2,1-3H3. The number of morpholine rings is 1. The van der Waals surface area contributed by atoms with Gasteiger partial charge in [-0.2, -0.15) is 0 Å². The van der Waals surface area contributed by atoms with E-state index in [0.29, 0.717) is 43.1 Å². The number of pyridine rings is 1. The van der Waals surface area contributed by atoms with E-state index in [2.05, 4.69) is 9.80 Å². The van der Waals surface area contributed by atoms with E-state index >= 15 is 4.39 Å². The number of nitrogens with zero attached hydrogens (tertiary/aromatic N) is 3. The molecule has 3 heterocycles. The number of ketones is 1. The Labute approximate surface area is 223 Å². The number of rotatable bonds is 6. The van der Waals surface area contributed by atoms with Gasteiger partial charge in [0.2, 0.25) is 0 Å². The molecule has 1 atom stereocenters. The van der Waals surface area contributed by atoms with Crippen molar-refractivity contribution in [3.8, 4) is 5.75 Å². The molecule has 0 saturated carbocycles. The zero-order valence-electron chi connectivity index (χ0n) is 22.2. The highest BCUT2D eigenvalue weighted by molar-refractivity contribution is 6.05. The van der Waals surface area contributed by atoms with Crippen molar-refractivity contribution in [2.75, 3.05) is 44.9 Å². The smallest absolute Gasteiger partial charge is 0.167 e. The number of methoxy groups -OCH3 is 1. The highest BCUT2D eigenvalue weighted by Crippen LogP contribution is 2.43. The zero-order chi connectivity index (χ0) is 26.7.